The van der Waals surface area contributed by atoms with Crippen molar-refractivity contribution in [1.29, 1.82) is 0 Å². The van der Waals surface area contributed by atoms with Crippen LogP contribution < -0.4 is 5.73 Å². The second kappa shape index (κ2) is 4.43. The predicted octanol–water partition coefficient (Wildman–Crippen LogP) is 1.85. The van der Waals surface area contributed by atoms with Gasteiger partial charge in [-0.3, -0.25) is 0 Å². The summed E-state index contributed by atoms with van der Waals surface area (Å²) in [5.41, 5.74) is 6.35. The van der Waals surface area contributed by atoms with Crippen LogP contribution in [-0.2, 0) is 0 Å². The van der Waals surface area contributed by atoms with Crippen LogP contribution >= 0.6 is 0 Å². The molecule has 0 aliphatic heterocycles. The zero-order valence-corrected chi connectivity index (χ0v) is 9.34. The molecule has 1 fully saturated rings. The Bertz CT molecular complexity index is 150. The molecule has 78 valence electrons. The summed E-state index contributed by atoms with van der Waals surface area (Å²) in [5, 5.41) is 0. The third-order valence-corrected chi connectivity index (χ3v) is 3.06. The normalized spacial score (nSPS) is 21.9. The van der Waals surface area contributed by atoms with E-state index in [1.165, 1.54) is 25.8 Å². The van der Waals surface area contributed by atoms with Gasteiger partial charge in [0.15, 0.2) is 0 Å². The van der Waals surface area contributed by atoms with Crippen LogP contribution in [0.4, 0.5) is 0 Å². The zero-order chi connectivity index (χ0) is 9.90. The molecule has 0 bridgehead atoms. The van der Waals surface area contributed by atoms with E-state index in [1.807, 2.05) is 0 Å². The molecule has 2 N–H and O–H groups in total. The van der Waals surface area contributed by atoms with E-state index in [2.05, 4.69) is 25.7 Å². The van der Waals surface area contributed by atoms with Crippen molar-refractivity contribution in [3.8, 4) is 0 Å². The molecule has 0 amide bonds. The monoisotopic (exact) mass is 184 g/mol. The molecule has 1 aliphatic carbocycles. The van der Waals surface area contributed by atoms with Crippen LogP contribution in [0.3, 0.4) is 0 Å². The molecule has 1 unspecified atom stereocenters. The summed E-state index contributed by atoms with van der Waals surface area (Å²) >= 11 is 0. The third kappa shape index (κ3) is 3.28. The van der Waals surface area contributed by atoms with E-state index < -0.39 is 0 Å². The Labute approximate surface area is 82.5 Å². The summed E-state index contributed by atoms with van der Waals surface area (Å²) < 4.78 is 0. The topological polar surface area (TPSA) is 29.3 Å². The first-order chi connectivity index (χ1) is 6.10. The first kappa shape index (κ1) is 11.0. The smallest absolute Gasteiger partial charge is 0.0283 e. The lowest BCUT2D eigenvalue weighted by Crippen LogP contribution is -2.49. The van der Waals surface area contributed by atoms with Crippen LogP contribution in [0.25, 0.3) is 0 Å². The highest BCUT2D eigenvalue weighted by Crippen LogP contribution is 2.38. The molecule has 2 heteroatoms. The van der Waals surface area contributed by atoms with Crippen LogP contribution in [0.5, 0.6) is 0 Å². The molecule has 13 heavy (non-hydrogen) atoms. The third-order valence-electron chi connectivity index (χ3n) is 3.06. The van der Waals surface area contributed by atoms with Gasteiger partial charge in [0, 0.05) is 12.1 Å². The maximum atomic E-state index is 6.29. The van der Waals surface area contributed by atoms with Gasteiger partial charge in [-0.25, -0.2) is 0 Å². The summed E-state index contributed by atoms with van der Waals surface area (Å²) in [7, 11) is 0. The van der Waals surface area contributed by atoms with Crippen molar-refractivity contribution in [3.63, 3.8) is 0 Å². The van der Waals surface area contributed by atoms with Gasteiger partial charge < -0.3 is 10.6 Å². The largest absolute Gasteiger partial charge is 0.324 e. The molecule has 1 atom stereocenters. The Morgan fingerprint density at radius 2 is 2.00 bits per heavy atom. The van der Waals surface area contributed by atoms with Gasteiger partial charge in [0.2, 0.25) is 0 Å². The maximum absolute atomic E-state index is 6.29. The van der Waals surface area contributed by atoms with Crippen molar-refractivity contribution in [2.45, 2.75) is 45.6 Å². The van der Waals surface area contributed by atoms with Crippen molar-refractivity contribution in [1.82, 2.24) is 4.90 Å². The molecule has 0 saturated heterocycles. The second-order valence-corrected chi connectivity index (χ2v) is 4.65. The van der Waals surface area contributed by atoms with Crippen molar-refractivity contribution in [2.75, 3.05) is 19.6 Å². The van der Waals surface area contributed by atoms with Crippen LogP contribution in [0.1, 0.15) is 40.0 Å². The van der Waals surface area contributed by atoms with E-state index in [-0.39, 0.29) is 5.54 Å². The van der Waals surface area contributed by atoms with E-state index in [0.717, 1.165) is 19.0 Å². The molecule has 1 rings (SSSR count). The highest BCUT2D eigenvalue weighted by molar-refractivity contribution is 4.97. The summed E-state index contributed by atoms with van der Waals surface area (Å²) in [5.74, 6) is 0.790. The van der Waals surface area contributed by atoms with Crippen molar-refractivity contribution < 1.29 is 0 Å². The molecule has 0 aromatic heterocycles. The quantitative estimate of drug-likeness (QED) is 0.682. The minimum Gasteiger partial charge on any atom is -0.324 e. The van der Waals surface area contributed by atoms with Gasteiger partial charge in [-0.05, 0) is 45.2 Å². The van der Waals surface area contributed by atoms with Crippen LogP contribution in [0.2, 0.25) is 0 Å². The van der Waals surface area contributed by atoms with Crippen LogP contribution in [0.15, 0.2) is 0 Å². The average Bonchev–Trinajstić information content (AvgIpc) is 2.85. The van der Waals surface area contributed by atoms with Gasteiger partial charge in [-0.2, -0.15) is 0 Å². The molecule has 0 aromatic carbocycles. The van der Waals surface area contributed by atoms with Gasteiger partial charge in [0.05, 0.1) is 0 Å². The second-order valence-electron chi connectivity index (χ2n) is 4.65. The van der Waals surface area contributed by atoms with E-state index in [1.54, 1.807) is 0 Å². The number of hydrogen-bond acceptors (Lipinski definition) is 2. The molecule has 0 spiro atoms. The molecule has 0 heterocycles. The Morgan fingerprint density at radius 3 is 2.38 bits per heavy atom. The Morgan fingerprint density at radius 1 is 1.38 bits per heavy atom. The SMILES string of the molecule is CCCN(CC)CC(C)(N)C1CC1. The van der Waals surface area contributed by atoms with Gasteiger partial charge in [0.1, 0.15) is 0 Å². The fourth-order valence-electron chi connectivity index (χ4n) is 2.02. The Kier molecular flexibility index (Phi) is 3.74. The lowest BCUT2D eigenvalue weighted by atomic mass is 9.96. The van der Waals surface area contributed by atoms with Crippen LogP contribution in [-0.4, -0.2) is 30.1 Å². The van der Waals surface area contributed by atoms with E-state index in [9.17, 15) is 0 Å². The fraction of sp³-hybridized carbons (Fsp3) is 1.00. The van der Waals surface area contributed by atoms with Crippen molar-refractivity contribution in [3.05, 3.63) is 0 Å². The van der Waals surface area contributed by atoms with E-state index >= 15 is 0 Å². The van der Waals surface area contributed by atoms with E-state index in [4.69, 9.17) is 5.73 Å². The van der Waals surface area contributed by atoms with Gasteiger partial charge in [-0.1, -0.05) is 13.8 Å². The maximum Gasteiger partial charge on any atom is 0.0283 e. The Hall–Kier alpha value is -0.0800. The van der Waals surface area contributed by atoms with Gasteiger partial charge in [-0.15, -0.1) is 0 Å². The highest BCUT2D eigenvalue weighted by atomic mass is 15.1. The number of nitrogens with zero attached hydrogens (tertiary/aromatic N) is 1. The molecule has 0 radical (unpaired) electrons. The number of likely N-dealkylation sites (N-methyl/N-ethyl adjacent to an activating group) is 1. The molecule has 1 aliphatic rings. The predicted molar refractivity (Wildman–Crippen MR) is 57.7 cm³/mol. The summed E-state index contributed by atoms with van der Waals surface area (Å²) in [6.07, 6.45) is 3.92. The zero-order valence-electron chi connectivity index (χ0n) is 9.34. The van der Waals surface area contributed by atoms with Gasteiger partial charge in [0.25, 0.3) is 0 Å². The van der Waals surface area contributed by atoms with Crippen molar-refractivity contribution in [2.24, 2.45) is 11.7 Å². The van der Waals surface area contributed by atoms with Crippen LogP contribution in [0, 0.1) is 5.92 Å². The first-order valence-corrected chi connectivity index (χ1v) is 5.61. The molecular formula is C11H24N2. The first-order valence-electron chi connectivity index (χ1n) is 5.61. The molecule has 1 saturated carbocycles. The summed E-state index contributed by atoms with van der Waals surface area (Å²) in [6, 6.07) is 0. The summed E-state index contributed by atoms with van der Waals surface area (Å²) in [4.78, 5) is 2.47. The number of hydrogen-bond donors (Lipinski definition) is 1. The Balaban J connectivity index is 2.34. The highest BCUT2D eigenvalue weighted by Gasteiger charge is 2.38. The number of nitrogens with two attached hydrogens (primary N) is 1. The fourth-order valence-corrected chi connectivity index (χ4v) is 2.02. The standard InChI is InChI=1S/C11H24N2/c1-4-8-13(5-2)9-11(3,12)10-6-7-10/h10H,4-9,12H2,1-3H3. The average molecular weight is 184 g/mol. The lowest BCUT2D eigenvalue weighted by molar-refractivity contribution is 0.211. The lowest BCUT2D eigenvalue weighted by Gasteiger charge is -2.31. The molecule has 2 nitrogen and oxygen atoms in total. The van der Waals surface area contributed by atoms with Crippen molar-refractivity contribution >= 4 is 0 Å². The molecular weight excluding hydrogens is 160 g/mol. The summed E-state index contributed by atoms with van der Waals surface area (Å²) in [6.45, 7) is 10.1. The van der Waals surface area contributed by atoms with Gasteiger partial charge >= 0.3 is 0 Å². The number of rotatable bonds is 6. The minimum absolute atomic E-state index is 0.0607. The molecule has 0 aromatic rings. The van der Waals surface area contributed by atoms with E-state index in [0.29, 0.717) is 0 Å². The minimum atomic E-state index is 0.0607.